The molecule has 0 saturated carbocycles. The van der Waals surface area contributed by atoms with Crippen molar-refractivity contribution in [2.45, 2.75) is 25.7 Å². The van der Waals surface area contributed by atoms with Gasteiger partial charge in [0.15, 0.2) is 23.3 Å². The molecule has 0 radical (unpaired) electrons. The molecular formula is C16H14ClNO4. The molecule has 22 heavy (non-hydrogen) atoms. The Balaban J connectivity index is 1.69. The van der Waals surface area contributed by atoms with E-state index in [9.17, 15) is 4.79 Å². The van der Waals surface area contributed by atoms with Crippen LogP contribution in [-0.2, 0) is 20.9 Å². The van der Waals surface area contributed by atoms with Crippen LogP contribution in [0.3, 0.4) is 0 Å². The van der Waals surface area contributed by atoms with Crippen molar-refractivity contribution in [2.24, 2.45) is 4.99 Å². The van der Waals surface area contributed by atoms with Crippen molar-refractivity contribution >= 4 is 23.5 Å². The van der Waals surface area contributed by atoms with Gasteiger partial charge in [0, 0.05) is 6.92 Å². The maximum atomic E-state index is 12.3. The standard InChI is InChI=1S/C16H14ClNO4/c1-10-18-14(15(21-10)12-7-8-13(17)22-12)16(19)20-9-11-5-3-2-4-6-11/h2-8,14-15H,9H2,1H3. The number of carbonyl (C=O) groups is 1. The molecule has 3 rings (SSSR count). The van der Waals surface area contributed by atoms with Crippen LogP contribution in [0.4, 0.5) is 0 Å². The monoisotopic (exact) mass is 319 g/mol. The Kier molecular flexibility index (Phi) is 4.15. The van der Waals surface area contributed by atoms with E-state index in [4.69, 9.17) is 25.5 Å². The highest BCUT2D eigenvalue weighted by molar-refractivity contribution is 6.28. The van der Waals surface area contributed by atoms with Crippen molar-refractivity contribution in [3.05, 3.63) is 59.0 Å². The molecule has 1 aromatic heterocycles. The molecule has 5 nitrogen and oxygen atoms in total. The lowest BCUT2D eigenvalue weighted by atomic mass is 10.1. The summed E-state index contributed by atoms with van der Waals surface area (Å²) < 4.78 is 16.2. The third-order valence-electron chi connectivity index (χ3n) is 3.24. The number of furan rings is 1. The second-order valence-electron chi connectivity index (χ2n) is 4.87. The van der Waals surface area contributed by atoms with Gasteiger partial charge >= 0.3 is 5.97 Å². The zero-order valence-electron chi connectivity index (χ0n) is 11.9. The van der Waals surface area contributed by atoms with Gasteiger partial charge in [-0.2, -0.15) is 0 Å². The van der Waals surface area contributed by atoms with E-state index < -0.39 is 18.1 Å². The van der Waals surface area contributed by atoms with Crippen LogP contribution in [0.15, 0.2) is 51.9 Å². The van der Waals surface area contributed by atoms with Gasteiger partial charge in [0.25, 0.3) is 0 Å². The van der Waals surface area contributed by atoms with Crippen LogP contribution in [0.5, 0.6) is 0 Å². The number of hydrogen-bond acceptors (Lipinski definition) is 5. The molecule has 114 valence electrons. The third-order valence-corrected chi connectivity index (χ3v) is 3.45. The molecule has 2 aromatic rings. The fourth-order valence-electron chi connectivity index (χ4n) is 2.23. The summed E-state index contributed by atoms with van der Waals surface area (Å²) in [5.41, 5.74) is 0.910. The zero-order chi connectivity index (χ0) is 15.5. The van der Waals surface area contributed by atoms with E-state index in [0.29, 0.717) is 11.7 Å². The molecule has 1 aliphatic rings. The van der Waals surface area contributed by atoms with Gasteiger partial charge in [0.2, 0.25) is 0 Å². The third kappa shape index (κ3) is 3.14. The summed E-state index contributed by atoms with van der Waals surface area (Å²) in [6.45, 7) is 1.87. The van der Waals surface area contributed by atoms with E-state index in [-0.39, 0.29) is 11.8 Å². The van der Waals surface area contributed by atoms with Crippen LogP contribution in [0.1, 0.15) is 24.4 Å². The molecule has 0 N–H and O–H groups in total. The second kappa shape index (κ2) is 6.23. The molecule has 2 atom stereocenters. The van der Waals surface area contributed by atoms with Crippen LogP contribution in [0.25, 0.3) is 0 Å². The molecule has 0 saturated heterocycles. The minimum Gasteiger partial charge on any atom is -0.467 e. The molecule has 0 spiro atoms. The smallest absolute Gasteiger partial charge is 0.335 e. The molecule has 2 unspecified atom stereocenters. The van der Waals surface area contributed by atoms with E-state index in [1.54, 1.807) is 19.1 Å². The number of nitrogens with zero attached hydrogens (tertiary/aromatic N) is 1. The summed E-state index contributed by atoms with van der Waals surface area (Å²) >= 11 is 5.77. The highest BCUT2D eigenvalue weighted by Gasteiger charge is 2.39. The normalized spacial score (nSPS) is 20.4. The van der Waals surface area contributed by atoms with Gasteiger partial charge in [0.05, 0.1) is 0 Å². The van der Waals surface area contributed by atoms with Crippen molar-refractivity contribution < 1.29 is 18.7 Å². The lowest BCUT2D eigenvalue weighted by molar-refractivity contribution is -0.148. The van der Waals surface area contributed by atoms with Gasteiger partial charge < -0.3 is 13.9 Å². The fraction of sp³-hybridized carbons (Fsp3) is 0.250. The number of halogens is 1. The molecule has 1 aromatic carbocycles. The molecule has 0 aliphatic carbocycles. The maximum Gasteiger partial charge on any atom is 0.335 e. The van der Waals surface area contributed by atoms with E-state index in [2.05, 4.69) is 4.99 Å². The average Bonchev–Trinajstić information content (AvgIpc) is 3.11. The number of benzene rings is 1. The number of carbonyl (C=O) groups excluding carboxylic acids is 1. The predicted octanol–water partition coefficient (Wildman–Crippen LogP) is 3.53. The summed E-state index contributed by atoms with van der Waals surface area (Å²) in [6, 6.07) is 11.9. The van der Waals surface area contributed by atoms with E-state index >= 15 is 0 Å². The van der Waals surface area contributed by atoms with Gasteiger partial charge in [-0.15, -0.1) is 0 Å². The SMILES string of the molecule is CC1=NC(C(=O)OCc2ccccc2)C(c2ccc(Cl)o2)O1. The summed E-state index contributed by atoms with van der Waals surface area (Å²) in [5.74, 6) is 0.407. The van der Waals surface area contributed by atoms with Gasteiger partial charge in [-0.1, -0.05) is 30.3 Å². The topological polar surface area (TPSA) is 61.0 Å². The van der Waals surface area contributed by atoms with Crippen molar-refractivity contribution in [1.82, 2.24) is 0 Å². The first kappa shape index (κ1) is 14.7. The Bertz CT molecular complexity index is 695. The van der Waals surface area contributed by atoms with Gasteiger partial charge in [-0.3, -0.25) is 0 Å². The quantitative estimate of drug-likeness (QED) is 0.809. The molecule has 1 aliphatic heterocycles. The van der Waals surface area contributed by atoms with E-state index in [0.717, 1.165) is 5.56 Å². The van der Waals surface area contributed by atoms with Crippen molar-refractivity contribution in [2.75, 3.05) is 0 Å². The van der Waals surface area contributed by atoms with Crippen LogP contribution in [0.2, 0.25) is 5.22 Å². The zero-order valence-corrected chi connectivity index (χ0v) is 12.6. The van der Waals surface area contributed by atoms with E-state index in [1.165, 1.54) is 0 Å². The van der Waals surface area contributed by atoms with Gasteiger partial charge in [0.1, 0.15) is 12.4 Å². The number of hydrogen-bond donors (Lipinski definition) is 0. The molecule has 6 heteroatoms. The Morgan fingerprint density at radius 3 is 2.73 bits per heavy atom. The largest absolute Gasteiger partial charge is 0.467 e. The summed E-state index contributed by atoms with van der Waals surface area (Å²) in [4.78, 5) is 16.5. The van der Waals surface area contributed by atoms with Crippen LogP contribution < -0.4 is 0 Å². The maximum absolute atomic E-state index is 12.3. The lowest BCUT2D eigenvalue weighted by Gasteiger charge is -2.14. The first-order chi connectivity index (χ1) is 10.6. The highest BCUT2D eigenvalue weighted by atomic mass is 35.5. The highest BCUT2D eigenvalue weighted by Crippen LogP contribution is 2.32. The summed E-state index contributed by atoms with van der Waals surface area (Å²) in [7, 11) is 0. The molecule has 2 heterocycles. The van der Waals surface area contributed by atoms with Crippen molar-refractivity contribution in [1.29, 1.82) is 0 Å². The predicted molar refractivity (Wildman–Crippen MR) is 80.7 cm³/mol. The first-order valence-electron chi connectivity index (χ1n) is 6.80. The number of rotatable bonds is 4. The van der Waals surface area contributed by atoms with Gasteiger partial charge in [-0.05, 0) is 29.3 Å². The average molecular weight is 320 g/mol. The molecule has 0 fully saturated rings. The number of ether oxygens (including phenoxy) is 2. The van der Waals surface area contributed by atoms with Crippen molar-refractivity contribution in [3.8, 4) is 0 Å². The summed E-state index contributed by atoms with van der Waals surface area (Å²) in [6.07, 6.45) is -0.643. The Morgan fingerprint density at radius 1 is 1.27 bits per heavy atom. The summed E-state index contributed by atoms with van der Waals surface area (Å²) in [5, 5.41) is 0.236. The minimum atomic E-state index is -0.786. The molecular weight excluding hydrogens is 306 g/mol. The van der Waals surface area contributed by atoms with E-state index in [1.807, 2.05) is 30.3 Å². The first-order valence-corrected chi connectivity index (χ1v) is 7.18. The van der Waals surface area contributed by atoms with Gasteiger partial charge in [-0.25, -0.2) is 9.79 Å². The Hall–Kier alpha value is -2.27. The Labute approximate surface area is 132 Å². The van der Waals surface area contributed by atoms with Crippen molar-refractivity contribution in [3.63, 3.8) is 0 Å². The number of esters is 1. The van der Waals surface area contributed by atoms with Crippen LogP contribution in [0, 0.1) is 0 Å². The van der Waals surface area contributed by atoms with Crippen LogP contribution >= 0.6 is 11.6 Å². The second-order valence-corrected chi connectivity index (χ2v) is 5.24. The minimum absolute atomic E-state index is 0.191. The molecule has 0 bridgehead atoms. The molecule has 0 amide bonds. The Morgan fingerprint density at radius 2 is 2.05 bits per heavy atom. The fourth-order valence-corrected chi connectivity index (χ4v) is 2.38. The lowest BCUT2D eigenvalue weighted by Crippen LogP contribution is -2.26. The van der Waals surface area contributed by atoms with Crippen LogP contribution in [-0.4, -0.2) is 17.9 Å². The number of aliphatic imine (C=N–C) groups is 1.